The lowest BCUT2D eigenvalue weighted by Gasteiger charge is -2.14. The molecule has 6 heteroatoms. The lowest BCUT2D eigenvalue weighted by atomic mass is 10.3. The molecule has 1 aromatic heterocycles. The Morgan fingerprint density at radius 3 is 2.75 bits per heavy atom. The van der Waals surface area contributed by atoms with E-state index in [1.807, 2.05) is 19.1 Å². The maximum atomic E-state index is 11.5. The van der Waals surface area contributed by atoms with Crippen LogP contribution in [0.15, 0.2) is 18.2 Å². The van der Waals surface area contributed by atoms with E-state index in [4.69, 9.17) is 5.26 Å². The molecule has 1 rings (SSSR count). The summed E-state index contributed by atoms with van der Waals surface area (Å²) in [5, 5.41) is 8.39. The fourth-order valence-corrected chi connectivity index (χ4v) is 1.92. The van der Waals surface area contributed by atoms with Gasteiger partial charge in [0, 0.05) is 12.7 Å². The SMILES string of the molecule is Cc1cccc(CN(C)S(=O)(=O)CC#N)n1. The molecule has 0 saturated heterocycles. The molecule has 0 amide bonds. The van der Waals surface area contributed by atoms with Crippen LogP contribution < -0.4 is 0 Å². The summed E-state index contributed by atoms with van der Waals surface area (Å²) in [7, 11) is -2.05. The Balaban J connectivity index is 2.80. The minimum Gasteiger partial charge on any atom is -0.257 e. The first-order chi connectivity index (χ1) is 7.45. The Hall–Kier alpha value is -1.45. The molecular weight excluding hydrogens is 226 g/mol. The van der Waals surface area contributed by atoms with Gasteiger partial charge in [-0.2, -0.15) is 9.57 Å². The molecule has 0 saturated carbocycles. The van der Waals surface area contributed by atoms with E-state index in [1.165, 1.54) is 7.05 Å². The fraction of sp³-hybridized carbons (Fsp3) is 0.400. The van der Waals surface area contributed by atoms with Gasteiger partial charge in [0.2, 0.25) is 10.0 Å². The van der Waals surface area contributed by atoms with Crippen molar-refractivity contribution < 1.29 is 8.42 Å². The third-order valence-electron chi connectivity index (χ3n) is 2.05. The van der Waals surface area contributed by atoms with Crippen LogP contribution in [0, 0.1) is 18.3 Å². The van der Waals surface area contributed by atoms with Crippen molar-refractivity contribution in [3.05, 3.63) is 29.6 Å². The van der Waals surface area contributed by atoms with E-state index in [0.29, 0.717) is 5.69 Å². The topological polar surface area (TPSA) is 74.1 Å². The molecule has 0 unspecified atom stereocenters. The average molecular weight is 239 g/mol. The molecule has 0 spiro atoms. The van der Waals surface area contributed by atoms with E-state index in [2.05, 4.69) is 4.98 Å². The van der Waals surface area contributed by atoms with Crippen molar-refractivity contribution in [2.24, 2.45) is 0 Å². The van der Waals surface area contributed by atoms with Gasteiger partial charge in [0.15, 0.2) is 5.75 Å². The van der Waals surface area contributed by atoms with Gasteiger partial charge >= 0.3 is 0 Å². The summed E-state index contributed by atoms with van der Waals surface area (Å²) in [6, 6.07) is 7.05. The van der Waals surface area contributed by atoms with Gasteiger partial charge in [0.25, 0.3) is 0 Å². The second-order valence-electron chi connectivity index (χ2n) is 3.44. The molecule has 86 valence electrons. The maximum absolute atomic E-state index is 11.5. The van der Waals surface area contributed by atoms with Crippen LogP contribution in [0.5, 0.6) is 0 Å². The van der Waals surface area contributed by atoms with Crippen molar-refractivity contribution in [2.75, 3.05) is 12.8 Å². The van der Waals surface area contributed by atoms with E-state index in [1.54, 1.807) is 12.1 Å². The molecule has 0 N–H and O–H groups in total. The molecule has 1 aromatic rings. The number of nitriles is 1. The van der Waals surface area contributed by atoms with Crippen molar-refractivity contribution >= 4 is 10.0 Å². The molecule has 0 aliphatic rings. The molecule has 0 fully saturated rings. The second-order valence-corrected chi connectivity index (χ2v) is 5.52. The second kappa shape index (κ2) is 5.05. The third kappa shape index (κ3) is 3.29. The quantitative estimate of drug-likeness (QED) is 0.774. The number of rotatable bonds is 4. The van der Waals surface area contributed by atoms with Gasteiger partial charge in [-0.05, 0) is 19.1 Å². The number of hydrogen-bond donors (Lipinski definition) is 0. The minimum absolute atomic E-state index is 0.186. The zero-order valence-electron chi connectivity index (χ0n) is 9.21. The van der Waals surface area contributed by atoms with Crippen LogP contribution in [0.1, 0.15) is 11.4 Å². The predicted octanol–water partition coefficient (Wildman–Crippen LogP) is 0.675. The summed E-state index contributed by atoms with van der Waals surface area (Å²) in [5.41, 5.74) is 1.51. The highest BCUT2D eigenvalue weighted by Crippen LogP contribution is 2.06. The molecular formula is C10H13N3O2S. The standard InChI is InChI=1S/C10H13N3O2S/c1-9-4-3-5-10(12-9)8-13(2)16(14,15)7-6-11/h3-5H,7-8H2,1-2H3. The fourth-order valence-electron chi connectivity index (χ4n) is 1.21. The van der Waals surface area contributed by atoms with Crippen LogP contribution in [0.4, 0.5) is 0 Å². The molecule has 5 nitrogen and oxygen atoms in total. The largest absolute Gasteiger partial charge is 0.257 e. The molecule has 0 aliphatic carbocycles. The molecule has 0 atom stereocenters. The average Bonchev–Trinajstić information content (AvgIpc) is 2.17. The normalized spacial score (nSPS) is 11.4. The number of sulfonamides is 1. The highest BCUT2D eigenvalue weighted by molar-refractivity contribution is 7.89. The Bertz CT molecular complexity index is 505. The number of pyridine rings is 1. The number of aromatic nitrogens is 1. The van der Waals surface area contributed by atoms with E-state index in [0.717, 1.165) is 10.00 Å². The predicted molar refractivity (Wildman–Crippen MR) is 59.8 cm³/mol. The van der Waals surface area contributed by atoms with Gasteiger partial charge in [0.1, 0.15) is 0 Å². The third-order valence-corrected chi connectivity index (χ3v) is 3.63. The number of nitrogens with zero attached hydrogens (tertiary/aromatic N) is 3. The van der Waals surface area contributed by atoms with Crippen LogP contribution in [0.25, 0.3) is 0 Å². The lowest BCUT2D eigenvalue weighted by Crippen LogP contribution is -2.28. The van der Waals surface area contributed by atoms with E-state index in [9.17, 15) is 8.42 Å². The molecule has 16 heavy (non-hydrogen) atoms. The summed E-state index contributed by atoms with van der Waals surface area (Å²) in [6.07, 6.45) is 0. The van der Waals surface area contributed by atoms with E-state index >= 15 is 0 Å². The smallest absolute Gasteiger partial charge is 0.227 e. The van der Waals surface area contributed by atoms with Crippen molar-refractivity contribution in [1.82, 2.24) is 9.29 Å². The Labute approximate surface area is 95.4 Å². The lowest BCUT2D eigenvalue weighted by molar-refractivity contribution is 0.464. The maximum Gasteiger partial charge on any atom is 0.227 e. The molecule has 0 bridgehead atoms. The van der Waals surface area contributed by atoms with Gasteiger partial charge in [-0.3, -0.25) is 4.98 Å². The van der Waals surface area contributed by atoms with Crippen LogP contribution in [0.3, 0.4) is 0 Å². The van der Waals surface area contributed by atoms with Crippen LogP contribution in [-0.4, -0.2) is 30.5 Å². The zero-order valence-corrected chi connectivity index (χ0v) is 10.0. The van der Waals surface area contributed by atoms with Gasteiger partial charge < -0.3 is 0 Å². The first-order valence-corrected chi connectivity index (χ1v) is 6.30. The van der Waals surface area contributed by atoms with Gasteiger partial charge in [-0.15, -0.1) is 0 Å². The van der Waals surface area contributed by atoms with Crippen molar-refractivity contribution in [3.8, 4) is 6.07 Å². The highest BCUT2D eigenvalue weighted by Gasteiger charge is 2.17. The number of aryl methyl sites for hydroxylation is 1. The van der Waals surface area contributed by atoms with Gasteiger partial charge in [-0.1, -0.05) is 6.07 Å². The van der Waals surface area contributed by atoms with E-state index in [-0.39, 0.29) is 6.54 Å². The summed E-state index contributed by atoms with van der Waals surface area (Å²) in [5.74, 6) is -0.505. The first-order valence-electron chi connectivity index (χ1n) is 4.69. The minimum atomic E-state index is -3.49. The van der Waals surface area contributed by atoms with Crippen LogP contribution in [-0.2, 0) is 16.6 Å². The molecule has 1 heterocycles. The Kier molecular flexibility index (Phi) is 3.99. The highest BCUT2D eigenvalue weighted by atomic mass is 32.2. The molecule has 0 aliphatic heterocycles. The molecule has 0 radical (unpaired) electrons. The summed E-state index contributed by atoms with van der Waals surface area (Å²) in [4.78, 5) is 4.20. The van der Waals surface area contributed by atoms with Crippen molar-refractivity contribution in [3.63, 3.8) is 0 Å². The van der Waals surface area contributed by atoms with Crippen LogP contribution >= 0.6 is 0 Å². The van der Waals surface area contributed by atoms with Crippen LogP contribution in [0.2, 0.25) is 0 Å². The summed E-state index contributed by atoms with van der Waals surface area (Å²) in [6.45, 7) is 2.03. The van der Waals surface area contributed by atoms with Gasteiger partial charge in [-0.25, -0.2) is 8.42 Å². The first kappa shape index (κ1) is 12.6. The van der Waals surface area contributed by atoms with E-state index < -0.39 is 15.8 Å². The Morgan fingerprint density at radius 2 is 2.19 bits per heavy atom. The van der Waals surface area contributed by atoms with Crippen molar-refractivity contribution in [1.29, 1.82) is 5.26 Å². The zero-order chi connectivity index (χ0) is 12.2. The number of hydrogen-bond acceptors (Lipinski definition) is 4. The Morgan fingerprint density at radius 1 is 1.50 bits per heavy atom. The monoisotopic (exact) mass is 239 g/mol. The molecule has 0 aromatic carbocycles. The van der Waals surface area contributed by atoms with Crippen molar-refractivity contribution in [2.45, 2.75) is 13.5 Å². The summed E-state index contributed by atoms with van der Waals surface area (Å²) >= 11 is 0. The van der Waals surface area contributed by atoms with Gasteiger partial charge in [0.05, 0.1) is 18.3 Å². The summed E-state index contributed by atoms with van der Waals surface area (Å²) < 4.78 is 24.1.